The molecule has 0 saturated carbocycles. The van der Waals surface area contributed by atoms with Crippen molar-refractivity contribution in [1.29, 1.82) is 0 Å². The Morgan fingerprint density at radius 1 is 1.18 bits per heavy atom. The second-order valence-electron chi connectivity index (χ2n) is 4.08. The van der Waals surface area contributed by atoms with Crippen molar-refractivity contribution in [3.63, 3.8) is 0 Å². The zero-order chi connectivity index (χ0) is 13.2. The standard InChI is InChI=1S/C12H14O5/c1-7(2)12(17,11(15)16)9-6-4-3-5-8(9)10(13)14/h3-7,17H,1-2H3,(H,13,14)(H,15,16). The lowest BCUT2D eigenvalue weighted by atomic mass is 9.81. The van der Waals surface area contributed by atoms with Crippen LogP contribution in [0, 0.1) is 5.92 Å². The molecule has 0 aromatic heterocycles. The normalized spacial score (nSPS) is 14.4. The molecule has 0 fully saturated rings. The third-order valence-electron chi connectivity index (χ3n) is 2.73. The first kappa shape index (κ1) is 13.2. The van der Waals surface area contributed by atoms with Gasteiger partial charge in [0.2, 0.25) is 0 Å². The number of hydrogen-bond donors (Lipinski definition) is 3. The predicted molar refractivity (Wildman–Crippen MR) is 59.8 cm³/mol. The summed E-state index contributed by atoms with van der Waals surface area (Å²) in [4.78, 5) is 22.2. The van der Waals surface area contributed by atoms with Gasteiger partial charge in [-0.3, -0.25) is 0 Å². The number of rotatable bonds is 4. The van der Waals surface area contributed by atoms with Gasteiger partial charge < -0.3 is 15.3 Å². The molecule has 1 rings (SSSR count). The van der Waals surface area contributed by atoms with Gasteiger partial charge in [-0.25, -0.2) is 9.59 Å². The van der Waals surface area contributed by atoms with E-state index in [2.05, 4.69) is 0 Å². The van der Waals surface area contributed by atoms with Crippen LogP contribution in [0.1, 0.15) is 29.8 Å². The Hall–Kier alpha value is -1.88. The first-order valence-electron chi connectivity index (χ1n) is 5.10. The van der Waals surface area contributed by atoms with Gasteiger partial charge in [-0.2, -0.15) is 0 Å². The van der Waals surface area contributed by atoms with Gasteiger partial charge >= 0.3 is 11.9 Å². The smallest absolute Gasteiger partial charge is 0.340 e. The summed E-state index contributed by atoms with van der Waals surface area (Å²) in [5, 5.41) is 28.3. The highest BCUT2D eigenvalue weighted by Gasteiger charge is 2.43. The van der Waals surface area contributed by atoms with Crippen LogP contribution in [0.4, 0.5) is 0 Å². The summed E-state index contributed by atoms with van der Waals surface area (Å²) in [6.07, 6.45) is 0. The summed E-state index contributed by atoms with van der Waals surface area (Å²) in [6, 6.07) is 5.57. The SMILES string of the molecule is CC(C)C(O)(C(=O)O)c1ccccc1C(=O)O. The lowest BCUT2D eigenvalue weighted by Crippen LogP contribution is -2.42. The van der Waals surface area contributed by atoms with Crippen molar-refractivity contribution in [2.24, 2.45) is 5.92 Å². The van der Waals surface area contributed by atoms with Crippen molar-refractivity contribution < 1.29 is 24.9 Å². The van der Waals surface area contributed by atoms with E-state index in [9.17, 15) is 14.7 Å². The number of aliphatic carboxylic acids is 1. The third-order valence-corrected chi connectivity index (χ3v) is 2.73. The zero-order valence-corrected chi connectivity index (χ0v) is 9.54. The molecule has 0 bridgehead atoms. The number of carboxylic acid groups (broad SMARTS) is 2. The van der Waals surface area contributed by atoms with Gasteiger partial charge in [-0.05, 0) is 12.0 Å². The Morgan fingerprint density at radius 2 is 1.71 bits per heavy atom. The van der Waals surface area contributed by atoms with E-state index in [0.29, 0.717) is 0 Å². The van der Waals surface area contributed by atoms with Crippen molar-refractivity contribution in [3.8, 4) is 0 Å². The molecule has 0 radical (unpaired) electrons. The van der Waals surface area contributed by atoms with Gasteiger partial charge in [0, 0.05) is 5.56 Å². The lowest BCUT2D eigenvalue weighted by Gasteiger charge is -2.29. The molecule has 5 nitrogen and oxygen atoms in total. The van der Waals surface area contributed by atoms with E-state index in [4.69, 9.17) is 10.2 Å². The maximum atomic E-state index is 11.2. The average Bonchev–Trinajstić information content (AvgIpc) is 2.27. The second kappa shape index (κ2) is 4.55. The fourth-order valence-corrected chi connectivity index (χ4v) is 1.68. The van der Waals surface area contributed by atoms with Gasteiger partial charge in [-0.1, -0.05) is 32.0 Å². The molecule has 1 unspecified atom stereocenters. The molecule has 0 aliphatic rings. The maximum Gasteiger partial charge on any atom is 0.340 e. The average molecular weight is 238 g/mol. The molecular formula is C12H14O5. The first-order valence-corrected chi connectivity index (χ1v) is 5.10. The van der Waals surface area contributed by atoms with Gasteiger partial charge in [0.1, 0.15) is 0 Å². The number of carbonyl (C=O) groups is 2. The van der Waals surface area contributed by atoms with Gasteiger partial charge in [0.25, 0.3) is 0 Å². The Bertz CT molecular complexity index is 452. The second-order valence-corrected chi connectivity index (χ2v) is 4.08. The molecule has 17 heavy (non-hydrogen) atoms. The number of hydrogen-bond acceptors (Lipinski definition) is 3. The molecule has 0 spiro atoms. The van der Waals surface area contributed by atoms with Crippen molar-refractivity contribution >= 4 is 11.9 Å². The van der Waals surface area contributed by atoms with Gasteiger partial charge in [0.05, 0.1) is 5.56 Å². The van der Waals surface area contributed by atoms with Crippen molar-refractivity contribution in [2.45, 2.75) is 19.4 Å². The van der Waals surface area contributed by atoms with E-state index in [-0.39, 0.29) is 11.1 Å². The van der Waals surface area contributed by atoms with Crippen LogP contribution in [0.3, 0.4) is 0 Å². The Balaban J connectivity index is 3.49. The largest absolute Gasteiger partial charge is 0.479 e. The molecule has 1 aromatic carbocycles. The molecule has 3 N–H and O–H groups in total. The highest BCUT2D eigenvalue weighted by atomic mass is 16.4. The molecule has 5 heteroatoms. The molecule has 0 aliphatic heterocycles. The molecule has 92 valence electrons. The molecule has 1 aromatic rings. The van der Waals surface area contributed by atoms with Crippen LogP contribution in [0.15, 0.2) is 24.3 Å². The number of benzene rings is 1. The Kier molecular flexibility index (Phi) is 3.53. The summed E-state index contributed by atoms with van der Waals surface area (Å²) in [6.45, 7) is 3.04. The van der Waals surface area contributed by atoms with Crippen LogP contribution < -0.4 is 0 Å². The molecule has 1 atom stereocenters. The van der Waals surface area contributed by atoms with Crippen LogP contribution in [-0.2, 0) is 10.4 Å². The van der Waals surface area contributed by atoms with E-state index in [1.165, 1.54) is 38.1 Å². The quantitative estimate of drug-likeness (QED) is 0.735. The summed E-state index contributed by atoms with van der Waals surface area (Å²) in [5.74, 6) is -3.37. The first-order chi connectivity index (χ1) is 7.81. The molecule has 0 amide bonds. The summed E-state index contributed by atoms with van der Waals surface area (Å²) < 4.78 is 0. The van der Waals surface area contributed by atoms with Gasteiger partial charge in [-0.15, -0.1) is 0 Å². The minimum Gasteiger partial charge on any atom is -0.479 e. The molecule has 0 heterocycles. The van der Waals surface area contributed by atoms with Crippen LogP contribution in [-0.4, -0.2) is 27.3 Å². The van der Waals surface area contributed by atoms with Crippen molar-refractivity contribution in [2.75, 3.05) is 0 Å². The number of aromatic carboxylic acids is 1. The summed E-state index contributed by atoms with van der Waals surface area (Å²) >= 11 is 0. The Labute approximate surface area is 98.3 Å². The monoisotopic (exact) mass is 238 g/mol. The lowest BCUT2D eigenvalue weighted by molar-refractivity contribution is -0.165. The summed E-state index contributed by atoms with van der Waals surface area (Å²) in [5.41, 5.74) is -2.50. The van der Waals surface area contributed by atoms with E-state index in [1.807, 2.05) is 0 Å². The van der Waals surface area contributed by atoms with Crippen molar-refractivity contribution in [1.82, 2.24) is 0 Å². The fourth-order valence-electron chi connectivity index (χ4n) is 1.68. The molecule has 0 aliphatic carbocycles. The molecule has 0 saturated heterocycles. The fraction of sp³-hybridized carbons (Fsp3) is 0.333. The van der Waals surface area contributed by atoms with Crippen LogP contribution in [0.2, 0.25) is 0 Å². The van der Waals surface area contributed by atoms with Crippen molar-refractivity contribution in [3.05, 3.63) is 35.4 Å². The number of carboxylic acids is 2. The predicted octanol–water partition coefficient (Wildman–Crippen LogP) is 1.31. The topological polar surface area (TPSA) is 94.8 Å². The Morgan fingerprint density at radius 3 is 2.12 bits per heavy atom. The summed E-state index contributed by atoms with van der Waals surface area (Å²) in [7, 11) is 0. The minimum atomic E-state index is -2.20. The molecular weight excluding hydrogens is 224 g/mol. The van der Waals surface area contributed by atoms with E-state index >= 15 is 0 Å². The van der Waals surface area contributed by atoms with E-state index in [0.717, 1.165) is 0 Å². The third kappa shape index (κ3) is 2.14. The highest BCUT2D eigenvalue weighted by molar-refractivity contribution is 5.93. The van der Waals surface area contributed by atoms with E-state index < -0.39 is 23.5 Å². The number of aliphatic hydroxyl groups is 1. The minimum absolute atomic E-state index is 0.102. The van der Waals surface area contributed by atoms with Gasteiger partial charge in [0.15, 0.2) is 5.60 Å². The highest BCUT2D eigenvalue weighted by Crippen LogP contribution is 2.32. The van der Waals surface area contributed by atoms with Crippen LogP contribution in [0.5, 0.6) is 0 Å². The zero-order valence-electron chi connectivity index (χ0n) is 9.54. The van der Waals surface area contributed by atoms with Crippen LogP contribution in [0.25, 0.3) is 0 Å². The van der Waals surface area contributed by atoms with E-state index in [1.54, 1.807) is 0 Å². The van der Waals surface area contributed by atoms with Crippen LogP contribution >= 0.6 is 0 Å². The maximum absolute atomic E-state index is 11.2.